The van der Waals surface area contributed by atoms with Crippen molar-refractivity contribution in [1.82, 2.24) is 9.97 Å². The highest BCUT2D eigenvalue weighted by molar-refractivity contribution is 6.33. The first-order valence-electron chi connectivity index (χ1n) is 12.6. The van der Waals surface area contributed by atoms with Crippen molar-refractivity contribution in [2.45, 2.75) is 0 Å². The molecule has 4 aromatic rings. The van der Waals surface area contributed by atoms with Crippen LogP contribution in [0.15, 0.2) is 83.3 Å². The molecule has 0 aliphatic heterocycles. The van der Waals surface area contributed by atoms with Gasteiger partial charge in [-0.15, -0.1) is 0 Å². The number of nitrogens with zero attached hydrogens (tertiary/aromatic N) is 4. The predicted octanol–water partition coefficient (Wildman–Crippen LogP) is 3.73. The first kappa shape index (κ1) is 26.2. The number of nitrogens with one attached hydrogen (secondary N) is 2. The average Bonchev–Trinajstić information content (AvgIpc) is 2.98. The van der Waals surface area contributed by atoms with Crippen LogP contribution in [0.3, 0.4) is 0 Å². The molecule has 1 aliphatic rings. The summed E-state index contributed by atoms with van der Waals surface area (Å²) in [6, 6.07) is 13.2. The number of hydrogen-bond donors (Lipinski definition) is 4. The van der Waals surface area contributed by atoms with E-state index in [9.17, 15) is 19.8 Å². The topological polar surface area (TPSA) is 149 Å². The Morgan fingerprint density at radius 2 is 1.10 bits per heavy atom. The van der Waals surface area contributed by atoms with E-state index in [1.165, 1.54) is 12.1 Å². The minimum atomic E-state index is -0.558. The van der Waals surface area contributed by atoms with E-state index in [-0.39, 0.29) is 33.8 Å². The molecule has 0 fully saturated rings. The van der Waals surface area contributed by atoms with Crippen LogP contribution in [0.4, 0.5) is 11.4 Å². The van der Waals surface area contributed by atoms with E-state index >= 15 is 0 Å². The molecule has 4 N–H and O–H groups in total. The SMILES string of the molecule is O=C1c2c(O)ccc(O)c2C(=O)c2c(NCCN=Cc3cccnc3)ccc(NCCN=Cc3cccnc3)c21. The summed E-state index contributed by atoms with van der Waals surface area (Å²) in [6.45, 7) is 1.59. The van der Waals surface area contributed by atoms with E-state index in [1.54, 1.807) is 49.3 Å². The van der Waals surface area contributed by atoms with Crippen molar-refractivity contribution in [3.63, 3.8) is 0 Å². The van der Waals surface area contributed by atoms with Gasteiger partial charge in [0.15, 0.2) is 0 Å². The zero-order valence-corrected chi connectivity index (χ0v) is 21.4. The number of hydrogen-bond acceptors (Lipinski definition) is 10. The third-order valence-electron chi connectivity index (χ3n) is 6.24. The van der Waals surface area contributed by atoms with Crippen LogP contribution in [0.5, 0.6) is 11.5 Å². The largest absolute Gasteiger partial charge is 0.507 e. The zero-order valence-electron chi connectivity index (χ0n) is 21.4. The Morgan fingerprint density at radius 1 is 0.650 bits per heavy atom. The maximum absolute atomic E-state index is 13.6. The molecule has 0 bridgehead atoms. The Morgan fingerprint density at radius 3 is 1.50 bits per heavy atom. The molecule has 2 aromatic heterocycles. The number of phenols is 2. The number of ketones is 2. The van der Waals surface area contributed by atoms with E-state index in [2.05, 4.69) is 30.6 Å². The van der Waals surface area contributed by atoms with E-state index in [1.807, 2.05) is 24.3 Å². The summed E-state index contributed by atoms with van der Waals surface area (Å²) < 4.78 is 0. The zero-order chi connectivity index (χ0) is 27.9. The number of fused-ring (bicyclic) bond motifs is 2. The summed E-state index contributed by atoms with van der Waals surface area (Å²) in [5, 5.41) is 27.3. The van der Waals surface area contributed by atoms with E-state index in [4.69, 9.17) is 0 Å². The van der Waals surface area contributed by atoms with Crippen molar-refractivity contribution >= 4 is 35.4 Å². The van der Waals surface area contributed by atoms with Crippen molar-refractivity contribution in [3.8, 4) is 11.5 Å². The normalized spacial score (nSPS) is 12.5. The molecule has 40 heavy (non-hydrogen) atoms. The molecule has 5 rings (SSSR count). The van der Waals surface area contributed by atoms with E-state index in [0.29, 0.717) is 37.6 Å². The van der Waals surface area contributed by atoms with Gasteiger partial charge in [-0.2, -0.15) is 0 Å². The number of aromatic nitrogens is 2. The van der Waals surface area contributed by atoms with E-state index < -0.39 is 11.6 Å². The Hall–Kier alpha value is -5.38. The highest BCUT2D eigenvalue weighted by atomic mass is 16.3. The quantitative estimate of drug-likeness (QED) is 0.120. The Kier molecular flexibility index (Phi) is 7.87. The summed E-state index contributed by atoms with van der Waals surface area (Å²) >= 11 is 0. The lowest BCUT2D eigenvalue weighted by Gasteiger charge is -2.24. The number of carbonyl (C=O) groups is 2. The van der Waals surface area contributed by atoms with Crippen molar-refractivity contribution in [1.29, 1.82) is 0 Å². The Bertz CT molecular complexity index is 1480. The van der Waals surface area contributed by atoms with E-state index in [0.717, 1.165) is 11.1 Å². The van der Waals surface area contributed by atoms with Gasteiger partial charge in [0.25, 0.3) is 0 Å². The molecule has 2 heterocycles. The molecule has 0 atom stereocenters. The smallest absolute Gasteiger partial charge is 0.200 e. The van der Waals surface area contributed by atoms with Crippen LogP contribution in [0.25, 0.3) is 0 Å². The fourth-order valence-corrected chi connectivity index (χ4v) is 4.41. The number of benzene rings is 2. The molecule has 0 radical (unpaired) electrons. The molecule has 200 valence electrons. The summed E-state index contributed by atoms with van der Waals surface area (Å²) in [5.74, 6) is -1.85. The van der Waals surface area contributed by atoms with Crippen molar-refractivity contribution in [2.75, 3.05) is 36.8 Å². The van der Waals surface area contributed by atoms with Crippen LogP contribution in [-0.2, 0) is 0 Å². The Balaban J connectivity index is 1.38. The lowest BCUT2D eigenvalue weighted by atomic mass is 9.81. The second-order valence-corrected chi connectivity index (χ2v) is 8.92. The fourth-order valence-electron chi connectivity index (χ4n) is 4.41. The summed E-state index contributed by atoms with van der Waals surface area (Å²) in [7, 11) is 0. The van der Waals surface area contributed by atoms with Gasteiger partial charge in [0.2, 0.25) is 11.6 Å². The number of aromatic hydroxyl groups is 2. The molecule has 10 heteroatoms. The number of aliphatic imine (C=N–C) groups is 2. The molecule has 0 amide bonds. The third-order valence-corrected chi connectivity index (χ3v) is 6.24. The number of rotatable bonds is 10. The van der Waals surface area contributed by atoms with Gasteiger partial charge in [0.05, 0.1) is 35.3 Å². The minimum Gasteiger partial charge on any atom is -0.507 e. The standard InChI is InChI=1S/C30H26N6O4/c37-23-7-8-24(38)28-27(23)29(39)25-21(35-13-11-33-17-19-3-1-9-31-15-19)5-6-22(26(25)30(28)40)36-14-12-34-18-20-4-2-10-32-16-20/h1-10,15-18,35-38H,11-14H2. The molecule has 10 nitrogen and oxygen atoms in total. The van der Waals surface area contributed by atoms with Crippen molar-refractivity contribution in [3.05, 3.63) is 107 Å². The number of anilines is 2. The first-order chi connectivity index (χ1) is 19.5. The molecular weight excluding hydrogens is 508 g/mol. The maximum Gasteiger partial charge on any atom is 0.200 e. The van der Waals surface area contributed by atoms with Gasteiger partial charge in [-0.3, -0.25) is 29.5 Å². The van der Waals surface area contributed by atoms with Crippen molar-refractivity contribution < 1.29 is 19.8 Å². The van der Waals surface area contributed by atoms with Crippen LogP contribution >= 0.6 is 0 Å². The van der Waals surface area contributed by atoms with Gasteiger partial charge < -0.3 is 20.8 Å². The lowest BCUT2D eigenvalue weighted by Crippen LogP contribution is -2.25. The highest BCUT2D eigenvalue weighted by Gasteiger charge is 2.37. The lowest BCUT2D eigenvalue weighted by molar-refractivity contribution is 0.0975. The Labute approximate surface area is 230 Å². The second-order valence-electron chi connectivity index (χ2n) is 8.92. The van der Waals surface area contributed by atoms with Crippen LogP contribution in [-0.4, -0.2) is 70.4 Å². The van der Waals surface area contributed by atoms with Gasteiger partial charge in [-0.1, -0.05) is 12.1 Å². The van der Waals surface area contributed by atoms with Crippen LogP contribution in [0, 0.1) is 0 Å². The second kappa shape index (κ2) is 12.0. The third kappa shape index (κ3) is 5.56. The van der Waals surface area contributed by atoms with Gasteiger partial charge in [-0.25, -0.2) is 0 Å². The fraction of sp³-hybridized carbons (Fsp3) is 0.133. The van der Waals surface area contributed by atoms with Gasteiger partial charge >= 0.3 is 0 Å². The van der Waals surface area contributed by atoms with Crippen LogP contribution in [0.2, 0.25) is 0 Å². The van der Waals surface area contributed by atoms with Crippen LogP contribution < -0.4 is 10.6 Å². The molecule has 0 unspecified atom stereocenters. The van der Waals surface area contributed by atoms with Crippen molar-refractivity contribution in [2.24, 2.45) is 9.98 Å². The van der Waals surface area contributed by atoms with Gasteiger partial charge in [0.1, 0.15) is 11.5 Å². The first-order valence-corrected chi connectivity index (χ1v) is 12.6. The summed E-state index contributed by atoms with van der Waals surface area (Å²) in [5.41, 5.74) is 2.41. The minimum absolute atomic E-state index is 0.124. The molecular formula is C30H26N6O4. The summed E-state index contributed by atoms with van der Waals surface area (Å²) in [6.07, 6.45) is 10.2. The molecule has 0 saturated heterocycles. The van der Waals surface area contributed by atoms with Gasteiger partial charge in [-0.05, 0) is 36.4 Å². The maximum atomic E-state index is 13.6. The number of pyridine rings is 2. The van der Waals surface area contributed by atoms with Gasteiger partial charge in [0, 0.05) is 72.8 Å². The molecule has 0 saturated carbocycles. The molecule has 2 aromatic carbocycles. The monoisotopic (exact) mass is 534 g/mol. The molecule has 1 aliphatic carbocycles. The summed E-state index contributed by atoms with van der Waals surface area (Å²) in [4.78, 5) is 44.2. The number of phenolic OH excluding ortho intramolecular Hbond substituents is 2. The predicted molar refractivity (Wildman–Crippen MR) is 153 cm³/mol. The molecule has 0 spiro atoms. The highest BCUT2D eigenvalue weighted by Crippen LogP contribution is 2.42. The average molecular weight is 535 g/mol. The number of carbonyl (C=O) groups excluding carboxylic acids is 2. The van der Waals surface area contributed by atoms with Crippen LogP contribution in [0.1, 0.15) is 43.0 Å².